The first-order valence-electron chi connectivity index (χ1n) is 12.9. The molecule has 10 nitrogen and oxygen atoms in total. The first-order valence-corrected chi connectivity index (χ1v) is 13.7. The van der Waals surface area contributed by atoms with Gasteiger partial charge in [0.2, 0.25) is 0 Å². The van der Waals surface area contributed by atoms with Crippen LogP contribution in [0.15, 0.2) is 59.6 Å². The van der Waals surface area contributed by atoms with Gasteiger partial charge in [0.05, 0.1) is 39.5 Å². The SMILES string of the molecule is CC(C)(C)OC(=O)N[C@@H]1CCCN(c2c(Br)cnc3[nH]cc(NC(=O)c4cnn(Cc5ccccc5)c4)c23)C1. The Kier molecular flexibility index (Phi) is 7.60. The number of nitrogens with zero attached hydrogens (tertiary/aromatic N) is 4. The Morgan fingerprint density at radius 2 is 2.00 bits per heavy atom. The maximum Gasteiger partial charge on any atom is 0.407 e. The molecule has 4 heterocycles. The minimum Gasteiger partial charge on any atom is -0.444 e. The molecule has 3 aromatic heterocycles. The maximum absolute atomic E-state index is 13.2. The number of hydrogen-bond acceptors (Lipinski definition) is 6. The van der Waals surface area contributed by atoms with E-state index in [2.05, 4.69) is 46.5 Å². The number of rotatable bonds is 6. The molecule has 0 unspecified atom stereocenters. The molecule has 5 rings (SSSR count). The standard InChI is InChI=1S/C28H32BrN7O3/c1-28(2,3)39-27(38)33-20-10-7-11-35(17-20)24-21(29)13-30-25-23(24)22(14-31-25)34-26(37)19-12-32-36(16-19)15-18-8-5-4-6-9-18/h4-6,8-9,12-14,16,20H,7,10-11,15,17H2,1-3H3,(H,30,31)(H,33,38)(H,34,37)/t20-/m1/s1. The van der Waals surface area contributed by atoms with Crippen molar-refractivity contribution >= 4 is 50.3 Å². The van der Waals surface area contributed by atoms with Gasteiger partial charge in [-0.25, -0.2) is 9.78 Å². The second-order valence-electron chi connectivity index (χ2n) is 10.7. The summed E-state index contributed by atoms with van der Waals surface area (Å²) in [7, 11) is 0. The van der Waals surface area contributed by atoms with E-state index in [-0.39, 0.29) is 11.9 Å². The van der Waals surface area contributed by atoms with E-state index in [1.165, 1.54) is 0 Å². The molecule has 1 aliphatic heterocycles. The molecular formula is C28H32BrN7O3. The molecule has 0 aliphatic carbocycles. The Hall–Kier alpha value is -3.86. The number of piperidine rings is 1. The third-order valence-electron chi connectivity index (χ3n) is 6.42. The Bertz CT molecular complexity index is 1480. The van der Waals surface area contributed by atoms with Gasteiger partial charge < -0.3 is 25.3 Å². The summed E-state index contributed by atoms with van der Waals surface area (Å²) in [6.07, 6.45) is 8.13. The predicted octanol–water partition coefficient (Wildman–Crippen LogP) is 5.32. The zero-order chi connectivity index (χ0) is 27.6. The average molecular weight is 595 g/mol. The monoisotopic (exact) mass is 593 g/mol. The number of nitrogens with one attached hydrogen (secondary N) is 3. The van der Waals surface area contributed by atoms with Gasteiger partial charge in [0.25, 0.3) is 5.91 Å². The van der Waals surface area contributed by atoms with Gasteiger partial charge in [0, 0.05) is 37.7 Å². The normalized spacial score (nSPS) is 15.8. The number of aromatic amines is 1. The van der Waals surface area contributed by atoms with Crippen molar-refractivity contribution in [1.82, 2.24) is 25.1 Å². The molecule has 204 valence electrons. The van der Waals surface area contributed by atoms with Gasteiger partial charge in [-0.05, 0) is 55.1 Å². The van der Waals surface area contributed by atoms with Crippen LogP contribution in [0, 0.1) is 0 Å². The number of benzene rings is 1. The highest BCUT2D eigenvalue weighted by Crippen LogP contribution is 2.39. The number of anilines is 2. The molecule has 0 bridgehead atoms. The van der Waals surface area contributed by atoms with Crippen molar-refractivity contribution in [1.29, 1.82) is 0 Å². The molecular weight excluding hydrogens is 562 g/mol. The number of amides is 2. The van der Waals surface area contributed by atoms with Gasteiger partial charge in [0.1, 0.15) is 11.2 Å². The lowest BCUT2D eigenvalue weighted by molar-refractivity contribution is 0.0500. The first kappa shape index (κ1) is 26.7. The summed E-state index contributed by atoms with van der Waals surface area (Å²) >= 11 is 3.67. The zero-order valence-corrected chi connectivity index (χ0v) is 23.8. The van der Waals surface area contributed by atoms with Gasteiger partial charge in [0.15, 0.2) is 0 Å². The van der Waals surface area contributed by atoms with Gasteiger partial charge in [-0.3, -0.25) is 9.48 Å². The van der Waals surface area contributed by atoms with Crippen LogP contribution in [-0.4, -0.2) is 56.5 Å². The summed E-state index contributed by atoms with van der Waals surface area (Å²) in [4.78, 5) is 35.5. The number of halogens is 1. The Morgan fingerprint density at radius 1 is 1.21 bits per heavy atom. The topological polar surface area (TPSA) is 117 Å². The molecule has 1 aliphatic rings. The zero-order valence-electron chi connectivity index (χ0n) is 22.2. The van der Waals surface area contributed by atoms with Crippen molar-refractivity contribution in [3.63, 3.8) is 0 Å². The number of H-pyrrole nitrogens is 1. The van der Waals surface area contributed by atoms with E-state index in [0.29, 0.717) is 30.0 Å². The van der Waals surface area contributed by atoms with E-state index < -0.39 is 11.7 Å². The van der Waals surface area contributed by atoms with Gasteiger partial charge in [-0.1, -0.05) is 30.3 Å². The van der Waals surface area contributed by atoms with Crippen LogP contribution >= 0.6 is 15.9 Å². The lowest BCUT2D eigenvalue weighted by atomic mass is 10.0. The summed E-state index contributed by atoms with van der Waals surface area (Å²) in [5, 5.41) is 11.2. The van der Waals surface area contributed by atoms with Crippen LogP contribution in [0.4, 0.5) is 16.2 Å². The van der Waals surface area contributed by atoms with Crippen molar-refractivity contribution in [3.8, 4) is 0 Å². The first-order chi connectivity index (χ1) is 18.7. The molecule has 0 radical (unpaired) electrons. The van der Waals surface area contributed by atoms with E-state index >= 15 is 0 Å². The maximum atomic E-state index is 13.2. The number of carbonyl (C=O) groups is 2. The van der Waals surface area contributed by atoms with Crippen LogP contribution in [0.5, 0.6) is 0 Å². The summed E-state index contributed by atoms with van der Waals surface area (Å²) in [5.74, 6) is -0.260. The fourth-order valence-electron chi connectivity index (χ4n) is 4.77. The average Bonchev–Trinajstić information content (AvgIpc) is 3.51. The van der Waals surface area contributed by atoms with Crippen molar-refractivity contribution in [2.24, 2.45) is 0 Å². The van der Waals surface area contributed by atoms with Crippen LogP contribution in [0.1, 0.15) is 49.5 Å². The van der Waals surface area contributed by atoms with Gasteiger partial charge >= 0.3 is 6.09 Å². The fraction of sp³-hybridized carbons (Fsp3) is 0.357. The van der Waals surface area contributed by atoms with Crippen LogP contribution in [0.2, 0.25) is 0 Å². The number of fused-ring (bicyclic) bond motifs is 1. The molecule has 0 saturated carbocycles. The number of pyridine rings is 1. The minimum absolute atomic E-state index is 0.0730. The third kappa shape index (κ3) is 6.42. The number of aromatic nitrogens is 4. The summed E-state index contributed by atoms with van der Waals surface area (Å²) in [6, 6.07) is 9.89. The largest absolute Gasteiger partial charge is 0.444 e. The number of ether oxygens (including phenoxy) is 1. The van der Waals surface area contributed by atoms with Crippen LogP contribution < -0.4 is 15.5 Å². The van der Waals surface area contributed by atoms with Gasteiger partial charge in [-0.15, -0.1) is 0 Å². The second-order valence-corrected chi connectivity index (χ2v) is 11.5. The Morgan fingerprint density at radius 3 is 2.77 bits per heavy atom. The van der Waals surface area contributed by atoms with E-state index in [4.69, 9.17) is 4.74 Å². The lowest BCUT2D eigenvalue weighted by Gasteiger charge is -2.36. The number of carbonyl (C=O) groups excluding carboxylic acids is 2. The predicted molar refractivity (Wildman–Crippen MR) is 154 cm³/mol. The number of hydrogen-bond donors (Lipinski definition) is 3. The molecule has 4 aromatic rings. The fourth-order valence-corrected chi connectivity index (χ4v) is 5.32. The van der Waals surface area contributed by atoms with Crippen molar-refractivity contribution in [2.45, 2.75) is 51.8 Å². The molecule has 2 amide bonds. The minimum atomic E-state index is -0.561. The van der Waals surface area contributed by atoms with Crippen molar-refractivity contribution in [2.75, 3.05) is 23.3 Å². The van der Waals surface area contributed by atoms with Gasteiger partial charge in [-0.2, -0.15) is 5.10 Å². The number of alkyl carbamates (subject to hydrolysis) is 1. The third-order valence-corrected chi connectivity index (χ3v) is 7.00. The Balaban J connectivity index is 1.34. The van der Waals surface area contributed by atoms with Crippen LogP contribution in [0.3, 0.4) is 0 Å². The van der Waals surface area contributed by atoms with E-state index in [1.54, 1.807) is 29.5 Å². The molecule has 11 heteroatoms. The highest BCUT2D eigenvalue weighted by atomic mass is 79.9. The summed E-state index contributed by atoms with van der Waals surface area (Å²) < 4.78 is 8.00. The molecule has 1 fully saturated rings. The summed E-state index contributed by atoms with van der Waals surface area (Å²) in [6.45, 7) is 7.52. The molecule has 3 N–H and O–H groups in total. The van der Waals surface area contributed by atoms with Crippen LogP contribution in [0.25, 0.3) is 11.0 Å². The highest BCUT2D eigenvalue weighted by Gasteiger charge is 2.28. The molecule has 1 saturated heterocycles. The molecule has 1 aromatic carbocycles. The second kappa shape index (κ2) is 11.1. The van der Waals surface area contributed by atoms with Crippen LogP contribution in [-0.2, 0) is 11.3 Å². The molecule has 0 spiro atoms. The van der Waals surface area contributed by atoms with E-state index in [0.717, 1.165) is 40.5 Å². The van der Waals surface area contributed by atoms with E-state index in [1.807, 2.05) is 51.1 Å². The van der Waals surface area contributed by atoms with Crippen molar-refractivity contribution in [3.05, 3.63) is 70.7 Å². The quantitative estimate of drug-likeness (QED) is 0.279. The highest BCUT2D eigenvalue weighted by molar-refractivity contribution is 9.10. The summed E-state index contributed by atoms with van der Waals surface area (Å²) in [5.41, 5.74) is 3.19. The van der Waals surface area contributed by atoms with E-state index in [9.17, 15) is 9.59 Å². The van der Waals surface area contributed by atoms with Crippen molar-refractivity contribution < 1.29 is 14.3 Å². The lowest BCUT2D eigenvalue weighted by Crippen LogP contribution is -2.49. The molecule has 39 heavy (non-hydrogen) atoms. The smallest absolute Gasteiger partial charge is 0.407 e. The Labute approximate surface area is 235 Å². The molecule has 1 atom stereocenters.